The minimum atomic E-state index is -3.43. The standard InChI is InChI=1S/C11H19N5O2S/c12-7-10-2-5-16(6-3-10)19(17,18)15-8-11-1-4-13-9-14-11/h1,4,9-10,15H,2-3,5-8,12H2. The van der Waals surface area contributed by atoms with Crippen LogP contribution >= 0.6 is 0 Å². The predicted molar refractivity (Wildman–Crippen MR) is 71.1 cm³/mol. The third-order valence-electron chi connectivity index (χ3n) is 3.33. The van der Waals surface area contributed by atoms with Crippen molar-refractivity contribution in [2.75, 3.05) is 19.6 Å². The molecule has 0 radical (unpaired) electrons. The van der Waals surface area contributed by atoms with Crippen LogP contribution in [0.5, 0.6) is 0 Å². The largest absolute Gasteiger partial charge is 0.330 e. The second kappa shape index (κ2) is 6.38. The number of nitrogens with two attached hydrogens (primary N) is 1. The summed E-state index contributed by atoms with van der Waals surface area (Å²) in [5, 5.41) is 0. The first-order valence-corrected chi connectivity index (χ1v) is 7.75. The van der Waals surface area contributed by atoms with Gasteiger partial charge >= 0.3 is 0 Å². The minimum absolute atomic E-state index is 0.182. The zero-order valence-corrected chi connectivity index (χ0v) is 11.5. The fraction of sp³-hybridized carbons (Fsp3) is 0.636. The predicted octanol–water partition coefficient (Wildman–Crippen LogP) is -0.518. The highest BCUT2D eigenvalue weighted by atomic mass is 32.2. The van der Waals surface area contributed by atoms with Gasteiger partial charge in [0.15, 0.2) is 0 Å². The summed E-state index contributed by atoms with van der Waals surface area (Å²) < 4.78 is 28.2. The molecule has 1 fully saturated rings. The van der Waals surface area contributed by atoms with E-state index in [0.29, 0.717) is 31.2 Å². The van der Waals surface area contributed by atoms with Gasteiger partial charge < -0.3 is 5.73 Å². The lowest BCUT2D eigenvalue weighted by atomic mass is 9.99. The number of nitrogens with zero attached hydrogens (tertiary/aromatic N) is 3. The Morgan fingerprint density at radius 1 is 1.42 bits per heavy atom. The van der Waals surface area contributed by atoms with Gasteiger partial charge in [-0.1, -0.05) is 0 Å². The van der Waals surface area contributed by atoms with Crippen LogP contribution in [0.2, 0.25) is 0 Å². The maximum Gasteiger partial charge on any atom is 0.279 e. The van der Waals surface area contributed by atoms with E-state index in [1.807, 2.05) is 0 Å². The average molecular weight is 285 g/mol. The van der Waals surface area contributed by atoms with E-state index >= 15 is 0 Å². The normalized spacial score (nSPS) is 18.6. The van der Waals surface area contributed by atoms with Gasteiger partial charge in [0.1, 0.15) is 6.33 Å². The van der Waals surface area contributed by atoms with Crippen molar-refractivity contribution in [3.63, 3.8) is 0 Å². The molecule has 1 aromatic heterocycles. The number of hydrogen-bond acceptors (Lipinski definition) is 5. The molecule has 106 valence electrons. The van der Waals surface area contributed by atoms with Gasteiger partial charge in [-0.15, -0.1) is 0 Å². The van der Waals surface area contributed by atoms with Gasteiger partial charge in [-0.2, -0.15) is 17.4 Å². The highest BCUT2D eigenvalue weighted by Gasteiger charge is 2.27. The Morgan fingerprint density at radius 2 is 2.16 bits per heavy atom. The lowest BCUT2D eigenvalue weighted by molar-refractivity contribution is 0.275. The quantitative estimate of drug-likeness (QED) is 0.758. The second-order valence-corrected chi connectivity index (χ2v) is 6.36. The Morgan fingerprint density at radius 3 is 2.74 bits per heavy atom. The van der Waals surface area contributed by atoms with Crippen LogP contribution in [0.3, 0.4) is 0 Å². The molecule has 0 unspecified atom stereocenters. The summed E-state index contributed by atoms with van der Waals surface area (Å²) in [5.74, 6) is 0.438. The molecule has 0 amide bonds. The number of hydrogen-bond donors (Lipinski definition) is 2. The monoisotopic (exact) mass is 285 g/mol. The average Bonchev–Trinajstić information content (AvgIpc) is 2.46. The molecule has 0 saturated carbocycles. The van der Waals surface area contributed by atoms with Crippen LogP contribution in [0.1, 0.15) is 18.5 Å². The van der Waals surface area contributed by atoms with Crippen molar-refractivity contribution in [3.05, 3.63) is 24.3 Å². The molecule has 2 rings (SSSR count). The highest BCUT2D eigenvalue weighted by molar-refractivity contribution is 7.87. The summed E-state index contributed by atoms with van der Waals surface area (Å²) in [6.45, 7) is 1.87. The maximum absolute atomic E-state index is 12.1. The molecule has 7 nitrogen and oxygen atoms in total. The van der Waals surface area contributed by atoms with E-state index < -0.39 is 10.2 Å². The molecule has 0 aliphatic carbocycles. The Bertz CT molecular complexity index is 485. The van der Waals surface area contributed by atoms with Gasteiger partial charge in [0, 0.05) is 19.3 Å². The molecule has 19 heavy (non-hydrogen) atoms. The van der Waals surface area contributed by atoms with Crippen molar-refractivity contribution >= 4 is 10.2 Å². The molecular formula is C11H19N5O2S. The van der Waals surface area contributed by atoms with E-state index in [1.165, 1.54) is 10.6 Å². The first kappa shape index (κ1) is 14.3. The van der Waals surface area contributed by atoms with E-state index in [4.69, 9.17) is 5.73 Å². The smallest absolute Gasteiger partial charge is 0.279 e. The molecule has 1 saturated heterocycles. The summed E-state index contributed by atoms with van der Waals surface area (Å²) >= 11 is 0. The molecule has 0 aromatic carbocycles. The number of rotatable bonds is 5. The molecule has 8 heteroatoms. The van der Waals surface area contributed by atoms with E-state index in [2.05, 4.69) is 14.7 Å². The third kappa shape index (κ3) is 3.93. The Balaban J connectivity index is 1.89. The van der Waals surface area contributed by atoms with Crippen LogP contribution in [0.4, 0.5) is 0 Å². The molecule has 3 N–H and O–H groups in total. The number of nitrogens with one attached hydrogen (secondary N) is 1. The van der Waals surface area contributed by atoms with Crippen molar-refractivity contribution < 1.29 is 8.42 Å². The maximum atomic E-state index is 12.1. The lowest BCUT2D eigenvalue weighted by Crippen LogP contribution is -2.45. The molecule has 1 aromatic rings. The zero-order chi connectivity index (χ0) is 13.7. The van der Waals surface area contributed by atoms with Crippen LogP contribution in [-0.4, -0.2) is 42.3 Å². The topological polar surface area (TPSA) is 101 Å². The van der Waals surface area contributed by atoms with Crippen LogP contribution in [-0.2, 0) is 16.8 Å². The molecule has 2 heterocycles. The summed E-state index contributed by atoms with van der Waals surface area (Å²) in [6.07, 6.45) is 4.63. The van der Waals surface area contributed by atoms with E-state index in [1.54, 1.807) is 12.3 Å². The molecular weight excluding hydrogens is 266 g/mol. The summed E-state index contributed by atoms with van der Waals surface area (Å²) in [4.78, 5) is 7.77. The highest BCUT2D eigenvalue weighted by Crippen LogP contribution is 2.17. The van der Waals surface area contributed by atoms with Crippen LogP contribution in [0, 0.1) is 5.92 Å². The summed E-state index contributed by atoms with van der Waals surface area (Å²) in [6, 6.07) is 1.68. The fourth-order valence-corrected chi connectivity index (χ4v) is 3.27. The Hall–Kier alpha value is -1.09. The van der Waals surface area contributed by atoms with Crippen molar-refractivity contribution in [1.29, 1.82) is 0 Å². The fourth-order valence-electron chi connectivity index (χ4n) is 2.06. The minimum Gasteiger partial charge on any atom is -0.330 e. The van der Waals surface area contributed by atoms with Gasteiger partial charge in [-0.25, -0.2) is 9.97 Å². The van der Waals surface area contributed by atoms with Crippen molar-refractivity contribution in [1.82, 2.24) is 19.0 Å². The van der Waals surface area contributed by atoms with Crippen molar-refractivity contribution in [2.24, 2.45) is 11.7 Å². The first-order valence-electron chi connectivity index (χ1n) is 6.31. The molecule has 0 spiro atoms. The zero-order valence-electron chi connectivity index (χ0n) is 10.7. The van der Waals surface area contributed by atoms with Gasteiger partial charge in [0.2, 0.25) is 0 Å². The lowest BCUT2D eigenvalue weighted by Gasteiger charge is -2.30. The van der Waals surface area contributed by atoms with Crippen LogP contribution < -0.4 is 10.5 Å². The molecule has 1 aliphatic rings. The van der Waals surface area contributed by atoms with E-state index in [9.17, 15) is 8.42 Å². The third-order valence-corrected chi connectivity index (χ3v) is 4.88. The molecule has 0 bridgehead atoms. The van der Waals surface area contributed by atoms with Gasteiger partial charge in [0.25, 0.3) is 10.2 Å². The van der Waals surface area contributed by atoms with Crippen molar-refractivity contribution in [2.45, 2.75) is 19.4 Å². The van der Waals surface area contributed by atoms with E-state index in [0.717, 1.165) is 12.8 Å². The van der Waals surface area contributed by atoms with Gasteiger partial charge in [0.05, 0.1) is 12.2 Å². The first-order chi connectivity index (χ1) is 9.12. The SMILES string of the molecule is NCC1CCN(S(=O)(=O)NCc2ccncn2)CC1. The Labute approximate surface area is 113 Å². The number of piperidine rings is 1. The second-order valence-electron chi connectivity index (χ2n) is 4.60. The van der Waals surface area contributed by atoms with Crippen LogP contribution in [0.25, 0.3) is 0 Å². The number of aromatic nitrogens is 2. The summed E-state index contributed by atoms with van der Waals surface area (Å²) in [7, 11) is -3.43. The van der Waals surface area contributed by atoms with Crippen molar-refractivity contribution in [3.8, 4) is 0 Å². The Kier molecular flexibility index (Phi) is 4.81. The van der Waals surface area contributed by atoms with Crippen LogP contribution in [0.15, 0.2) is 18.6 Å². The molecule has 0 atom stereocenters. The van der Waals surface area contributed by atoms with E-state index in [-0.39, 0.29) is 6.54 Å². The molecule has 1 aliphatic heterocycles. The van der Waals surface area contributed by atoms with Gasteiger partial charge in [-0.3, -0.25) is 0 Å². The van der Waals surface area contributed by atoms with Gasteiger partial charge in [-0.05, 0) is 31.4 Å². The summed E-state index contributed by atoms with van der Waals surface area (Å²) in [5.41, 5.74) is 6.24.